The minimum atomic E-state index is 0.514. The molecule has 19 heavy (non-hydrogen) atoms. The second-order valence-electron chi connectivity index (χ2n) is 5.25. The lowest BCUT2D eigenvalue weighted by atomic mass is 9.84. The molecule has 0 saturated carbocycles. The lowest BCUT2D eigenvalue weighted by Crippen LogP contribution is -2.05. The number of imidazole rings is 1. The second kappa shape index (κ2) is 4.70. The van der Waals surface area contributed by atoms with Crippen LogP contribution in [-0.4, -0.2) is 17.2 Å². The van der Waals surface area contributed by atoms with Crippen molar-refractivity contribution >= 4 is 19.1 Å². The van der Waals surface area contributed by atoms with Crippen LogP contribution in [0.25, 0.3) is 11.2 Å². The number of pyridine rings is 1. The zero-order valence-corrected chi connectivity index (χ0v) is 11.5. The second-order valence-corrected chi connectivity index (χ2v) is 5.25. The minimum Gasteiger partial charge on any atom is -0.325 e. The predicted molar refractivity (Wildman–Crippen MR) is 81.7 cm³/mol. The van der Waals surface area contributed by atoms with E-state index in [1.165, 1.54) is 16.6 Å². The van der Waals surface area contributed by atoms with Crippen molar-refractivity contribution in [1.82, 2.24) is 9.38 Å². The van der Waals surface area contributed by atoms with Crippen molar-refractivity contribution in [3.05, 3.63) is 52.9 Å². The molecule has 2 heterocycles. The van der Waals surface area contributed by atoms with Gasteiger partial charge in [0.2, 0.25) is 0 Å². The zero-order chi connectivity index (χ0) is 13.4. The maximum absolute atomic E-state index is 5.94. The largest absolute Gasteiger partial charge is 0.325 e. The highest BCUT2D eigenvalue weighted by Gasteiger charge is 2.16. The third-order valence-corrected chi connectivity index (χ3v) is 3.72. The third kappa shape index (κ3) is 2.12. The first-order valence-electron chi connectivity index (χ1n) is 6.73. The van der Waals surface area contributed by atoms with Crippen molar-refractivity contribution in [3.8, 4) is 0 Å². The lowest BCUT2D eigenvalue weighted by molar-refractivity contribution is 0.939. The average molecular weight is 251 g/mol. The Morgan fingerprint density at radius 3 is 2.84 bits per heavy atom. The summed E-state index contributed by atoms with van der Waals surface area (Å²) in [4.78, 5) is 4.76. The summed E-state index contributed by atoms with van der Waals surface area (Å²) in [5, 5.41) is 0. The van der Waals surface area contributed by atoms with E-state index in [2.05, 4.69) is 49.7 Å². The molecule has 0 unspecified atom stereocenters. The van der Waals surface area contributed by atoms with Crippen LogP contribution in [0.3, 0.4) is 0 Å². The van der Waals surface area contributed by atoms with Crippen LogP contribution < -0.4 is 5.73 Å². The van der Waals surface area contributed by atoms with Crippen LogP contribution in [0.1, 0.15) is 29.8 Å². The van der Waals surface area contributed by atoms with Gasteiger partial charge in [0.25, 0.3) is 0 Å². The van der Waals surface area contributed by atoms with Crippen LogP contribution in [0.4, 0.5) is 0 Å². The fraction of sp³-hybridized carbons (Fsp3) is 0.267. The van der Waals surface area contributed by atoms with E-state index in [-0.39, 0.29) is 0 Å². The molecular formula is C15H18BN3. The van der Waals surface area contributed by atoms with Gasteiger partial charge in [-0.15, -0.1) is 5.47 Å². The Morgan fingerprint density at radius 2 is 2.16 bits per heavy atom. The van der Waals surface area contributed by atoms with E-state index in [9.17, 15) is 0 Å². The summed E-state index contributed by atoms with van der Waals surface area (Å²) in [5.74, 6) is 0. The Balaban J connectivity index is 2.19. The minimum absolute atomic E-state index is 0.514. The molecule has 0 aromatic carbocycles. The van der Waals surface area contributed by atoms with Crippen LogP contribution in [0.5, 0.6) is 0 Å². The number of aromatic nitrogens is 2. The molecule has 0 aliphatic heterocycles. The average Bonchev–Trinajstić information content (AvgIpc) is 2.77. The van der Waals surface area contributed by atoms with Crippen molar-refractivity contribution in [3.63, 3.8) is 0 Å². The van der Waals surface area contributed by atoms with Gasteiger partial charge >= 0.3 is 0 Å². The molecule has 1 aliphatic rings. The maximum atomic E-state index is 5.94. The highest BCUT2D eigenvalue weighted by molar-refractivity contribution is 6.22. The molecule has 2 aromatic heterocycles. The lowest BCUT2D eigenvalue weighted by Gasteiger charge is -2.11. The Kier molecular flexibility index (Phi) is 3.03. The van der Waals surface area contributed by atoms with E-state index in [4.69, 9.17) is 10.7 Å². The number of allylic oxidation sites excluding steroid dienone is 4. The molecule has 0 amide bonds. The number of aryl methyl sites for hydroxylation is 1. The molecule has 0 spiro atoms. The normalized spacial score (nSPS) is 15.5. The molecule has 3 rings (SSSR count). The van der Waals surface area contributed by atoms with E-state index >= 15 is 0 Å². The summed E-state index contributed by atoms with van der Waals surface area (Å²) in [7, 11) is 2.17. The molecule has 2 N–H and O–H groups in total. The molecule has 1 aliphatic carbocycles. The summed E-state index contributed by atoms with van der Waals surface area (Å²) in [6, 6.07) is 4.15. The summed E-state index contributed by atoms with van der Waals surface area (Å²) >= 11 is 0. The van der Waals surface area contributed by atoms with Crippen molar-refractivity contribution < 1.29 is 0 Å². The van der Waals surface area contributed by atoms with Crippen molar-refractivity contribution in [2.75, 3.05) is 0 Å². The molecule has 4 heteroatoms. The van der Waals surface area contributed by atoms with Gasteiger partial charge in [0.1, 0.15) is 13.5 Å². The van der Waals surface area contributed by atoms with Gasteiger partial charge in [0.15, 0.2) is 0 Å². The van der Waals surface area contributed by atoms with Crippen molar-refractivity contribution in [1.29, 1.82) is 0 Å². The summed E-state index contributed by atoms with van der Waals surface area (Å²) in [5.41, 5.74) is 13.0. The van der Waals surface area contributed by atoms with E-state index in [1.807, 2.05) is 0 Å². The fourth-order valence-electron chi connectivity index (χ4n) is 2.59. The topological polar surface area (TPSA) is 43.3 Å². The molecule has 0 radical (unpaired) electrons. The van der Waals surface area contributed by atoms with E-state index in [1.54, 1.807) is 0 Å². The standard InChI is InChI=1S/C15H18BN3/c1-10-2-7-14-18-15(13(8-17)19(14)9-10)11-3-5-12(16)6-4-11/h2-3,5,7,9H,4,6,8,16-17H2,1H3. The van der Waals surface area contributed by atoms with Crippen molar-refractivity contribution in [2.24, 2.45) is 5.73 Å². The number of hydrogen-bond acceptors (Lipinski definition) is 2. The highest BCUT2D eigenvalue weighted by atomic mass is 15.0. The van der Waals surface area contributed by atoms with Crippen LogP contribution >= 0.6 is 0 Å². The molecule has 0 saturated heterocycles. The van der Waals surface area contributed by atoms with Gasteiger partial charge in [-0.2, -0.15) is 0 Å². The molecule has 0 atom stereocenters. The SMILES string of the molecule is BC1=CC=C(c2nc3ccc(C)cn3c2CN)CC1. The Bertz CT molecular complexity index is 695. The third-order valence-electron chi connectivity index (χ3n) is 3.72. The first kappa shape index (κ1) is 12.2. The van der Waals surface area contributed by atoms with Gasteiger partial charge in [0.05, 0.1) is 11.4 Å². The Labute approximate surface area is 114 Å². The summed E-state index contributed by atoms with van der Waals surface area (Å²) in [6.45, 7) is 2.60. The van der Waals surface area contributed by atoms with Gasteiger partial charge in [-0.3, -0.25) is 0 Å². The van der Waals surface area contributed by atoms with Crippen LogP contribution in [0.2, 0.25) is 0 Å². The molecular weight excluding hydrogens is 233 g/mol. The number of nitrogens with two attached hydrogens (primary N) is 1. The van der Waals surface area contributed by atoms with Crippen molar-refractivity contribution in [2.45, 2.75) is 26.3 Å². The van der Waals surface area contributed by atoms with Crippen LogP contribution in [0.15, 0.2) is 36.0 Å². The maximum Gasteiger partial charge on any atom is 0.137 e. The fourth-order valence-corrected chi connectivity index (χ4v) is 2.59. The molecule has 2 aromatic rings. The van der Waals surface area contributed by atoms with Gasteiger partial charge in [-0.25, -0.2) is 4.98 Å². The first-order chi connectivity index (χ1) is 9.19. The number of fused-ring (bicyclic) bond motifs is 1. The first-order valence-corrected chi connectivity index (χ1v) is 6.73. The smallest absolute Gasteiger partial charge is 0.137 e. The quantitative estimate of drug-likeness (QED) is 0.827. The Morgan fingerprint density at radius 1 is 1.32 bits per heavy atom. The van der Waals surface area contributed by atoms with Gasteiger partial charge in [-0.1, -0.05) is 18.2 Å². The number of hydrogen-bond donors (Lipinski definition) is 1. The number of rotatable bonds is 2. The van der Waals surface area contributed by atoms with E-state index in [0.29, 0.717) is 6.54 Å². The molecule has 3 nitrogen and oxygen atoms in total. The highest BCUT2D eigenvalue weighted by Crippen LogP contribution is 2.28. The van der Waals surface area contributed by atoms with Gasteiger partial charge in [0, 0.05) is 12.7 Å². The molecule has 0 fully saturated rings. The molecule has 0 bridgehead atoms. The van der Waals surface area contributed by atoms with E-state index in [0.717, 1.165) is 29.9 Å². The predicted octanol–water partition coefficient (Wildman–Crippen LogP) is 1.80. The van der Waals surface area contributed by atoms with Crippen LogP contribution in [-0.2, 0) is 6.54 Å². The summed E-state index contributed by atoms with van der Waals surface area (Å²) in [6.07, 6.45) is 8.65. The molecule has 96 valence electrons. The van der Waals surface area contributed by atoms with Crippen LogP contribution in [0, 0.1) is 6.92 Å². The Hall–Kier alpha value is -1.81. The van der Waals surface area contributed by atoms with E-state index < -0.39 is 0 Å². The monoisotopic (exact) mass is 251 g/mol. The summed E-state index contributed by atoms with van der Waals surface area (Å²) < 4.78 is 2.12. The van der Waals surface area contributed by atoms with Gasteiger partial charge < -0.3 is 10.1 Å². The zero-order valence-electron chi connectivity index (χ0n) is 11.5. The number of nitrogens with zero attached hydrogens (tertiary/aromatic N) is 2. The van der Waals surface area contributed by atoms with Gasteiger partial charge in [-0.05, 0) is 37.0 Å².